The first-order valence-electron chi connectivity index (χ1n) is 8.78. The zero-order valence-corrected chi connectivity index (χ0v) is 16.3. The number of thiazole rings is 1. The number of nitrogens with one attached hydrogen (secondary N) is 1. The lowest BCUT2D eigenvalue weighted by Gasteiger charge is -2.12. The molecule has 0 saturated heterocycles. The summed E-state index contributed by atoms with van der Waals surface area (Å²) in [6.07, 6.45) is 2.78. The molecule has 0 bridgehead atoms. The molecule has 7 heteroatoms. The van der Waals surface area contributed by atoms with Crippen LogP contribution in [0.2, 0.25) is 0 Å². The van der Waals surface area contributed by atoms with Gasteiger partial charge in [0, 0.05) is 22.9 Å². The number of ether oxygens (including phenoxy) is 2. The van der Waals surface area contributed by atoms with Crippen molar-refractivity contribution in [1.29, 1.82) is 5.26 Å². The fourth-order valence-electron chi connectivity index (χ4n) is 2.50. The van der Waals surface area contributed by atoms with E-state index in [1.165, 1.54) is 11.3 Å². The average Bonchev–Trinajstić information content (AvgIpc) is 3.21. The fourth-order valence-corrected chi connectivity index (χ4v) is 3.17. The Hall–Kier alpha value is -3.37. The van der Waals surface area contributed by atoms with Crippen LogP contribution in [0.4, 0.5) is 5.13 Å². The van der Waals surface area contributed by atoms with Crippen LogP contribution in [0, 0.1) is 11.3 Å². The molecule has 0 aliphatic rings. The van der Waals surface area contributed by atoms with E-state index in [0.29, 0.717) is 36.1 Å². The van der Waals surface area contributed by atoms with Crippen molar-refractivity contribution in [3.63, 3.8) is 0 Å². The number of nitriles is 1. The molecular weight excluding hydrogens is 372 g/mol. The van der Waals surface area contributed by atoms with Crippen molar-refractivity contribution in [3.8, 4) is 28.8 Å². The van der Waals surface area contributed by atoms with Crippen molar-refractivity contribution in [1.82, 2.24) is 4.98 Å². The predicted octanol–water partition coefficient (Wildman–Crippen LogP) is 4.95. The maximum absolute atomic E-state index is 8.65. The van der Waals surface area contributed by atoms with E-state index < -0.39 is 0 Å². The third-order valence-electron chi connectivity index (χ3n) is 3.85. The highest BCUT2D eigenvalue weighted by Crippen LogP contribution is 2.30. The fraction of sp³-hybridized carbons (Fsp3) is 0.190. The SMILES string of the molecule is COc1cccc(C=NNc2nc(-c3ccccc3)cs2)c1OCCCC#N. The molecule has 0 unspecified atom stereocenters. The summed E-state index contributed by atoms with van der Waals surface area (Å²) in [5, 5.41) is 15.6. The maximum Gasteiger partial charge on any atom is 0.203 e. The summed E-state index contributed by atoms with van der Waals surface area (Å²) in [5.41, 5.74) is 5.72. The number of anilines is 1. The zero-order chi connectivity index (χ0) is 19.6. The van der Waals surface area contributed by atoms with Gasteiger partial charge in [-0.2, -0.15) is 10.4 Å². The van der Waals surface area contributed by atoms with Gasteiger partial charge in [-0.15, -0.1) is 11.3 Å². The normalized spacial score (nSPS) is 10.6. The molecule has 1 N–H and O–H groups in total. The first kappa shape index (κ1) is 19.4. The number of aromatic nitrogens is 1. The molecule has 0 saturated carbocycles. The van der Waals surface area contributed by atoms with Gasteiger partial charge in [-0.05, 0) is 18.6 Å². The minimum atomic E-state index is 0.440. The standard InChI is InChI=1S/C21H20N4O2S/c1-26-19-11-7-10-17(20(19)27-13-6-5-12-22)14-23-25-21-24-18(15-28-21)16-8-3-2-4-9-16/h2-4,7-11,14-15H,5-6,13H2,1H3,(H,24,25). The molecule has 3 rings (SSSR count). The molecular formula is C21H20N4O2S. The highest BCUT2D eigenvalue weighted by atomic mass is 32.1. The van der Waals surface area contributed by atoms with Crippen LogP contribution >= 0.6 is 11.3 Å². The second kappa shape index (κ2) is 10.1. The molecule has 0 spiro atoms. The quantitative estimate of drug-likeness (QED) is 0.317. The van der Waals surface area contributed by atoms with Gasteiger partial charge in [0.25, 0.3) is 0 Å². The number of rotatable bonds is 9. The Kier molecular flexibility index (Phi) is 6.99. The number of hydrazone groups is 1. The van der Waals surface area contributed by atoms with Gasteiger partial charge in [-0.3, -0.25) is 5.43 Å². The van der Waals surface area contributed by atoms with Crippen LogP contribution in [-0.2, 0) is 0 Å². The van der Waals surface area contributed by atoms with Crippen LogP contribution < -0.4 is 14.9 Å². The van der Waals surface area contributed by atoms with Gasteiger partial charge in [0.1, 0.15) is 0 Å². The number of benzene rings is 2. The van der Waals surface area contributed by atoms with Gasteiger partial charge >= 0.3 is 0 Å². The molecule has 0 aliphatic heterocycles. The van der Waals surface area contributed by atoms with Crippen molar-refractivity contribution in [2.75, 3.05) is 19.1 Å². The number of para-hydroxylation sites is 1. The van der Waals surface area contributed by atoms with E-state index in [-0.39, 0.29) is 0 Å². The monoisotopic (exact) mass is 392 g/mol. The van der Waals surface area contributed by atoms with E-state index in [1.807, 2.05) is 53.9 Å². The number of nitrogens with zero attached hydrogens (tertiary/aromatic N) is 3. The minimum Gasteiger partial charge on any atom is -0.493 e. The summed E-state index contributed by atoms with van der Waals surface area (Å²) < 4.78 is 11.2. The first-order chi connectivity index (χ1) is 13.8. The van der Waals surface area contributed by atoms with Gasteiger partial charge in [-0.1, -0.05) is 36.4 Å². The van der Waals surface area contributed by atoms with Gasteiger partial charge in [-0.25, -0.2) is 4.98 Å². The van der Waals surface area contributed by atoms with E-state index in [0.717, 1.165) is 16.8 Å². The van der Waals surface area contributed by atoms with Gasteiger partial charge in [0.05, 0.1) is 31.7 Å². The number of hydrogen-bond acceptors (Lipinski definition) is 7. The van der Waals surface area contributed by atoms with Crippen LogP contribution in [0.5, 0.6) is 11.5 Å². The smallest absolute Gasteiger partial charge is 0.203 e. The molecule has 142 valence electrons. The van der Waals surface area contributed by atoms with Crippen molar-refractivity contribution in [3.05, 3.63) is 59.5 Å². The van der Waals surface area contributed by atoms with Crippen molar-refractivity contribution >= 4 is 22.7 Å². The summed E-state index contributed by atoms with van der Waals surface area (Å²) in [7, 11) is 1.59. The van der Waals surface area contributed by atoms with Crippen LogP contribution in [-0.4, -0.2) is 24.9 Å². The topological polar surface area (TPSA) is 79.5 Å². The number of unbranched alkanes of at least 4 members (excludes halogenated alkanes) is 1. The Labute approximate surface area is 168 Å². The van der Waals surface area contributed by atoms with E-state index in [2.05, 4.69) is 21.6 Å². The van der Waals surface area contributed by atoms with Gasteiger partial charge in [0.15, 0.2) is 11.5 Å². The molecule has 1 heterocycles. The molecule has 2 aromatic carbocycles. The average molecular weight is 392 g/mol. The van der Waals surface area contributed by atoms with Crippen LogP contribution in [0.3, 0.4) is 0 Å². The maximum atomic E-state index is 8.65. The molecule has 0 radical (unpaired) electrons. The largest absolute Gasteiger partial charge is 0.493 e. The first-order valence-corrected chi connectivity index (χ1v) is 9.66. The second-order valence-electron chi connectivity index (χ2n) is 5.76. The Bertz CT molecular complexity index is 964. The Morgan fingerprint density at radius 3 is 2.86 bits per heavy atom. The Morgan fingerprint density at radius 2 is 2.07 bits per heavy atom. The minimum absolute atomic E-state index is 0.440. The summed E-state index contributed by atoms with van der Waals surface area (Å²) in [5.74, 6) is 1.24. The lowest BCUT2D eigenvalue weighted by atomic mass is 10.2. The molecule has 0 fully saturated rings. The van der Waals surface area contributed by atoms with Crippen LogP contribution in [0.1, 0.15) is 18.4 Å². The molecule has 0 amide bonds. The van der Waals surface area contributed by atoms with E-state index in [1.54, 1.807) is 13.3 Å². The van der Waals surface area contributed by atoms with Crippen molar-refractivity contribution in [2.45, 2.75) is 12.8 Å². The molecule has 1 aromatic heterocycles. The summed E-state index contributed by atoms with van der Waals surface area (Å²) in [6, 6.07) is 17.7. The highest BCUT2D eigenvalue weighted by molar-refractivity contribution is 7.14. The lowest BCUT2D eigenvalue weighted by molar-refractivity contribution is 0.290. The summed E-state index contributed by atoms with van der Waals surface area (Å²) in [4.78, 5) is 4.54. The predicted molar refractivity (Wildman–Crippen MR) is 112 cm³/mol. The number of hydrogen-bond donors (Lipinski definition) is 1. The zero-order valence-electron chi connectivity index (χ0n) is 15.5. The van der Waals surface area contributed by atoms with E-state index in [4.69, 9.17) is 14.7 Å². The highest BCUT2D eigenvalue weighted by Gasteiger charge is 2.09. The van der Waals surface area contributed by atoms with Crippen molar-refractivity contribution < 1.29 is 9.47 Å². The van der Waals surface area contributed by atoms with E-state index in [9.17, 15) is 0 Å². The third kappa shape index (κ3) is 5.09. The molecule has 28 heavy (non-hydrogen) atoms. The molecule has 0 atom stereocenters. The summed E-state index contributed by atoms with van der Waals surface area (Å²) in [6.45, 7) is 0.440. The molecule has 0 aliphatic carbocycles. The number of methoxy groups -OCH3 is 1. The van der Waals surface area contributed by atoms with Crippen molar-refractivity contribution in [2.24, 2.45) is 5.10 Å². The Balaban J connectivity index is 1.68. The van der Waals surface area contributed by atoms with Crippen LogP contribution in [0.25, 0.3) is 11.3 Å². The lowest BCUT2D eigenvalue weighted by Crippen LogP contribution is -2.02. The second-order valence-corrected chi connectivity index (χ2v) is 6.62. The Morgan fingerprint density at radius 1 is 1.21 bits per heavy atom. The summed E-state index contributed by atoms with van der Waals surface area (Å²) >= 11 is 1.49. The van der Waals surface area contributed by atoms with E-state index >= 15 is 0 Å². The third-order valence-corrected chi connectivity index (χ3v) is 4.59. The van der Waals surface area contributed by atoms with Gasteiger partial charge in [0.2, 0.25) is 5.13 Å². The molecule has 3 aromatic rings. The van der Waals surface area contributed by atoms with Gasteiger partial charge < -0.3 is 9.47 Å². The molecule has 6 nitrogen and oxygen atoms in total. The van der Waals surface area contributed by atoms with Crippen LogP contribution in [0.15, 0.2) is 59.0 Å².